The maximum absolute atomic E-state index is 5.97. The topological polar surface area (TPSA) is 24.9 Å². The number of thiophene rings is 1. The van der Waals surface area contributed by atoms with Gasteiger partial charge in [-0.15, -0.1) is 0 Å². The monoisotopic (exact) mass is 238 g/mol. The number of nitrogens with zero attached hydrogens (tertiary/aromatic N) is 1. The van der Waals surface area contributed by atoms with Crippen LogP contribution < -0.4 is 5.32 Å². The molecule has 0 saturated heterocycles. The molecule has 0 saturated carbocycles. The van der Waals surface area contributed by atoms with E-state index in [2.05, 4.69) is 27.1 Å². The summed E-state index contributed by atoms with van der Waals surface area (Å²) in [5.74, 6) is 0. The molecule has 2 aromatic rings. The molecular weight excluding hydrogens is 228 g/mol. The van der Waals surface area contributed by atoms with Gasteiger partial charge in [0.05, 0.1) is 5.69 Å². The van der Waals surface area contributed by atoms with Crippen LogP contribution >= 0.6 is 22.9 Å². The molecule has 2 nitrogen and oxygen atoms in total. The second-order valence-electron chi connectivity index (χ2n) is 3.34. The standard InChI is InChI=1S/C11H11ClN2S/c1-8-4-10(11(12)14-5-8)13-6-9-2-3-15-7-9/h2-5,7,13H,6H2,1H3. The zero-order valence-corrected chi connectivity index (χ0v) is 9.90. The Hall–Kier alpha value is -1.06. The quantitative estimate of drug-likeness (QED) is 0.825. The van der Waals surface area contributed by atoms with Crippen LogP contribution in [0.1, 0.15) is 11.1 Å². The van der Waals surface area contributed by atoms with Crippen LogP contribution in [0.5, 0.6) is 0 Å². The number of rotatable bonds is 3. The van der Waals surface area contributed by atoms with Gasteiger partial charge in [0, 0.05) is 12.7 Å². The van der Waals surface area contributed by atoms with E-state index in [1.807, 2.05) is 13.0 Å². The lowest BCUT2D eigenvalue weighted by atomic mass is 10.3. The van der Waals surface area contributed by atoms with Crippen LogP contribution in [0, 0.1) is 6.92 Å². The molecule has 4 heteroatoms. The third kappa shape index (κ3) is 2.70. The van der Waals surface area contributed by atoms with Crippen LogP contribution in [0.3, 0.4) is 0 Å². The van der Waals surface area contributed by atoms with Crippen LogP contribution in [0.2, 0.25) is 5.15 Å². The smallest absolute Gasteiger partial charge is 0.152 e. The van der Waals surface area contributed by atoms with E-state index in [1.165, 1.54) is 5.56 Å². The Morgan fingerprint density at radius 2 is 2.40 bits per heavy atom. The Labute approximate surface area is 97.9 Å². The van der Waals surface area contributed by atoms with Crippen LogP contribution in [0.4, 0.5) is 5.69 Å². The van der Waals surface area contributed by atoms with Crippen molar-refractivity contribution in [3.63, 3.8) is 0 Å². The molecule has 0 aliphatic heterocycles. The van der Waals surface area contributed by atoms with Gasteiger partial charge in [0.1, 0.15) is 0 Å². The SMILES string of the molecule is Cc1cnc(Cl)c(NCc2ccsc2)c1. The summed E-state index contributed by atoms with van der Waals surface area (Å²) in [5.41, 5.74) is 3.26. The number of pyridine rings is 1. The Morgan fingerprint density at radius 1 is 1.53 bits per heavy atom. The fraction of sp³-hybridized carbons (Fsp3) is 0.182. The van der Waals surface area contributed by atoms with Crippen LogP contribution in [-0.2, 0) is 6.54 Å². The zero-order chi connectivity index (χ0) is 10.7. The van der Waals surface area contributed by atoms with Gasteiger partial charge >= 0.3 is 0 Å². The minimum atomic E-state index is 0.524. The van der Waals surface area contributed by atoms with Crippen molar-refractivity contribution in [2.75, 3.05) is 5.32 Å². The number of halogens is 1. The minimum absolute atomic E-state index is 0.524. The molecule has 0 amide bonds. The predicted octanol–water partition coefficient (Wildman–Crippen LogP) is 3.72. The van der Waals surface area contributed by atoms with Gasteiger partial charge in [-0.05, 0) is 40.9 Å². The number of hydrogen-bond donors (Lipinski definition) is 1. The van der Waals surface area contributed by atoms with Crippen LogP contribution in [0.25, 0.3) is 0 Å². The first-order valence-electron chi connectivity index (χ1n) is 4.63. The summed E-state index contributed by atoms with van der Waals surface area (Å²) in [7, 11) is 0. The first-order valence-corrected chi connectivity index (χ1v) is 5.95. The van der Waals surface area contributed by atoms with Gasteiger partial charge in [-0.3, -0.25) is 0 Å². The van der Waals surface area contributed by atoms with E-state index < -0.39 is 0 Å². The van der Waals surface area contributed by atoms with Gasteiger partial charge in [-0.1, -0.05) is 11.6 Å². The maximum Gasteiger partial charge on any atom is 0.152 e. The van der Waals surface area contributed by atoms with Gasteiger partial charge in [0.15, 0.2) is 5.15 Å². The van der Waals surface area contributed by atoms with Crippen LogP contribution in [-0.4, -0.2) is 4.98 Å². The lowest BCUT2D eigenvalue weighted by Gasteiger charge is -2.07. The predicted molar refractivity (Wildman–Crippen MR) is 65.6 cm³/mol. The molecule has 0 aromatic carbocycles. The van der Waals surface area contributed by atoms with E-state index in [0.29, 0.717) is 5.15 Å². The zero-order valence-electron chi connectivity index (χ0n) is 8.33. The average molecular weight is 239 g/mol. The highest BCUT2D eigenvalue weighted by Crippen LogP contribution is 2.20. The molecule has 0 bridgehead atoms. The first kappa shape index (κ1) is 10.5. The largest absolute Gasteiger partial charge is 0.378 e. The summed E-state index contributed by atoms with van der Waals surface area (Å²) >= 11 is 7.66. The normalized spacial score (nSPS) is 10.3. The third-order valence-corrected chi connectivity index (χ3v) is 3.07. The lowest BCUT2D eigenvalue weighted by Crippen LogP contribution is -1.99. The van der Waals surface area contributed by atoms with E-state index in [9.17, 15) is 0 Å². The van der Waals surface area contributed by atoms with Gasteiger partial charge in [-0.25, -0.2) is 4.98 Å². The second-order valence-corrected chi connectivity index (χ2v) is 4.47. The molecule has 0 unspecified atom stereocenters. The summed E-state index contributed by atoms with van der Waals surface area (Å²) in [5, 5.41) is 7.97. The Morgan fingerprint density at radius 3 is 3.13 bits per heavy atom. The molecule has 2 aromatic heterocycles. The minimum Gasteiger partial charge on any atom is -0.378 e. The third-order valence-electron chi connectivity index (χ3n) is 2.04. The summed E-state index contributed by atoms with van der Waals surface area (Å²) in [6.07, 6.45) is 1.76. The molecule has 0 aliphatic rings. The summed E-state index contributed by atoms with van der Waals surface area (Å²) in [6, 6.07) is 4.09. The van der Waals surface area contributed by atoms with Gasteiger partial charge in [-0.2, -0.15) is 11.3 Å². The molecule has 2 rings (SSSR count). The fourth-order valence-electron chi connectivity index (χ4n) is 1.27. The van der Waals surface area contributed by atoms with E-state index in [0.717, 1.165) is 17.8 Å². The van der Waals surface area contributed by atoms with Crippen molar-refractivity contribution in [1.29, 1.82) is 0 Å². The highest BCUT2D eigenvalue weighted by atomic mass is 35.5. The average Bonchev–Trinajstić information content (AvgIpc) is 2.72. The maximum atomic E-state index is 5.97. The molecule has 0 radical (unpaired) electrons. The summed E-state index contributed by atoms with van der Waals surface area (Å²) in [4.78, 5) is 4.08. The Kier molecular flexibility index (Phi) is 3.23. The number of nitrogens with one attached hydrogen (secondary N) is 1. The van der Waals surface area contributed by atoms with Gasteiger partial charge < -0.3 is 5.32 Å². The van der Waals surface area contributed by atoms with Gasteiger partial charge in [0.25, 0.3) is 0 Å². The van der Waals surface area contributed by atoms with Crippen molar-refractivity contribution in [1.82, 2.24) is 4.98 Å². The van der Waals surface area contributed by atoms with Crippen molar-refractivity contribution < 1.29 is 0 Å². The van der Waals surface area contributed by atoms with Crippen molar-refractivity contribution in [2.45, 2.75) is 13.5 Å². The van der Waals surface area contributed by atoms with E-state index >= 15 is 0 Å². The lowest BCUT2D eigenvalue weighted by molar-refractivity contribution is 1.14. The van der Waals surface area contributed by atoms with E-state index in [-0.39, 0.29) is 0 Å². The van der Waals surface area contributed by atoms with Crippen molar-refractivity contribution in [3.8, 4) is 0 Å². The molecular formula is C11H11ClN2S. The second kappa shape index (κ2) is 4.64. The molecule has 2 heterocycles. The molecule has 0 atom stereocenters. The van der Waals surface area contributed by atoms with E-state index in [1.54, 1.807) is 17.5 Å². The summed E-state index contributed by atoms with van der Waals surface area (Å²) in [6.45, 7) is 2.79. The molecule has 15 heavy (non-hydrogen) atoms. The van der Waals surface area contributed by atoms with Crippen molar-refractivity contribution >= 4 is 28.6 Å². The highest BCUT2D eigenvalue weighted by molar-refractivity contribution is 7.07. The number of aromatic nitrogens is 1. The number of anilines is 1. The van der Waals surface area contributed by atoms with Crippen molar-refractivity contribution in [2.24, 2.45) is 0 Å². The van der Waals surface area contributed by atoms with Gasteiger partial charge in [0.2, 0.25) is 0 Å². The van der Waals surface area contributed by atoms with Crippen LogP contribution in [0.15, 0.2) is 29.1 Å². The number of hydrogen-bond acceptors (Lipinski definition) is 3. The first-order chi connectivity index (χ1) is 7.25. The molecule has 0 fully saturated rings. The molecule has 0 aliphatic carbocycles. The fourth-order valence-corrected chi connectivity index (χ4v) is 2.11. The highest BCUT2D eigenvalue weighted by Gasteiger charge is 2.01. The molecule has 0 spiro atoms. The summed E-state index contributed by atoms with van der Waals surface area (Å²) < 4.78 is 0. The molecule has 78 valence electrons. The Bertz CT molecular complexity index is 440. The van der Waals surface area contributed by atoms with E-state index in [4.69, 9.17) is 11.6 Å². The number of aryl methyl sites for hydroxylation is 1. The van der Waals surface area contributed by atoms with Crippen molar-refractivity contribution in [3.05, 3.63) is 45.4 Å². The molecule has 1 N–H and O–H groups in total. The Balaban J connectivity index is 2.07.